The average Bonchev–Trinajstić information content (AvgIpc) is 2.95. The summed E-state index contributed by atoms with van der Waals surface area (Å²) in [5, 5.41) is 10.4. The van der Waals surface area contributed by atoms with E-state index in [4.69, 9.17) is 4.74 Å². The van der Waals surface area contributed by atoms with Crippen LogP contribution in [0.5, 0.6) is 0 Å². The molecule has 1 aliphatic rings. The molecule has 6 heteroatoms. The van der Waals surface area contributed by atoms with Gasteiger partial charge in [-0.05, 0) is 33.7 Å². The summed E-state index contributed by atoms with van der Waals surface area (Å²) in [6.45, 7) is 7.98. The Balaban J connectivity index is 1.81. The molecule has 106 valence electrons. The van der Waals surface area contributed by atoms with Crippen LogP contribution < -0.4 is 10.6 Å². The number of aromatic nitrogens is 2. The van der Waals surface area contributed by atoms with Crippen LogP contribution in [0.25, 0.3) is 0 Å². The van der Waals surface area contributed by atoms with Crippen molar-refractivity contribution in [3.8, 4) is 0 Å². The van der Waals surface area contributed by atoms with E-state index in [2.05, 4.69) is 15.7 Å². The summed E-state index contributed by atoms with van der Waals surface area (Å²) in [6, 6.07) is 0.414. The lowest BCUT2D eigenvalue weighted by atomic mass is 10.1. The van der Waals surface area contributed by atoms with Gasteiger partial charge in [0.2, 0.25) is 0 Å². The van der Waals surface area contributed by atoms with Crippen molar-refractivity contribution in [2.75, 3.05) is 13.1 Å². The van der Waals surface area contributed by atoms with Gasteiger partial charge in [0.1, 0.15) is 6.61 Å². The number of carbonyl (C=O) groups is 1. The molecule has 0 radical (unpaired) electrons. The van der Waals surface area contributed by atoms with Crippen LogP contribution in [0.2, 0.25) is 0 Å². The Kier molecular flexibility index (Phi) is 4.09. The third-order valence-corrected chi connectivity index (χ3v) is 2.91. The maximum atomic E-state index is 11.5. The molecule has 1 aromatic rings. The van der Waals surface area contributed by atoms with Crippen molar-refractivity contribution in [1.29, 1.82) is 0 Å². The van der Waals surface area contributed by atoms with Crippen molar-refractivity contribution >= 4 is 6.09 Å². The molecule has 2 rings (SSSR count). The van der Waals surface area contributed by atoms with Crippen molar-refractivity contribution in [1.82, 2.24) is 20.4 Å². The molecule has 19 heavy (non-hydrogen) atoms. The molecule has 1 aromatic heterocycles. The molecule has 1 amide bonds. The van der Waals surface area contributed by atoms with E-state index < -0.39 is 6.09 Å². The highest BCUT2D eigenvalue weighted by molar-refractivity contribution is 5.68. The van der Waals surface area contributed by atoms with Crippen molar-refractivity contribution in [2.24, 2.45) is 0 Å². The van der Waals surface area contributed by atoms with E-state index in [9.17, 15) is 4.79 Å². The number of carbonyl (C=O) groups excluding carboxylic acids is 1. The standard InChI is InChI=1S/C13H22N4O2/c1-13(2,3)16-12(18)19-9-10-6-15-17(8-10)11-4-5-14-7-11/h6,8,11,14H,4-5,7,9H2,1-3H3,(H,16,18)/t11-/m0/s1. The van der Waals surface area contributed by atoms with Gasteiger partial charge in [-0.25, -0.2) is 4.79 Å². The molecule has 0 spiro atoms. The van der Waals surface area contributed by atoms with Crippen LogP contribution in [0.3, 0.4) is 0 Å². The monoisotopic (exact) mass is 266 g/mol. The Morgan fingerprint density at radius 3 is 3.05 bits per heavy atom. The lowest BCUT2D eigenvalue weighted by molar-refractivity contribution is 0.131. The predicted octanol–water partition coefficient (Wildman–Crippen LogP) is 1.44. The number of alkyl carbamates (subject to hydrolysis) is 1. The number of amides is 1. The molecule has 2 heterocycles. The molecular weight excluding hydrogens is 244 g/mol. The van der Waals surface area contributed by atoms with Crippen molar-refractivity contribution in [3.05, 3.63) is 18.0 Å². The summed E-state index contributed by atoms with van der Waals surface area (Å²) in [5.74, 6) is 0. The van der Waals surface area contributed by atoms with Crippen LogP contribution in [0, 0.1) is 0 Å². The minimum Gasteiger partial charge on any atom is -0.445 e. The van der Waals surface area contributed by atoms with Gasteiger partial charge in [0, 0.05) is 23.8 Å². The Morgan fingerprint density at radius 2 is 2.42 bits per heavy atom. The first kappa shape index (κ1) is 13.9. The fourth-order valence-corrected chi connectivity index (χ4v) is 2.01. The van der Waals surface area contributed by atoms with Gasteiger partial charge >= 0.3 is 6.09 Å². The van der Waals surface area contributed by atoms with Gasteiger partial charge in [0.25, 0.3) is 0 Å². The van der Waals surface area contributed by atoms with E-state index in [1.807, 2.05) is 31.6 Å². The Morgan fingerprint density at radius 1 is 1.63 bits per heavy atom. The molecule has 1 aliphatic heterocycles. The van der Waals surface area contributed by atoms with E-state index in [-0.39, 0.29) is 12.1 Å². The molecular formula is C13H22N4O2. The number of hydrogen-bond donors (Lipinski definition) is 2. The third-order valence-electron chi connectivity index (χ3n) is 2.91. The zero-order valence-corrected chi connectivity index (χ0v) is 11.8. The summed E-state index contributed by atoms with van der Waals surface area (Å²) in [4.78, 5) is 11.5. The number of hydrogen-bond acceptors (Lipinski definition) is 4. The van der Waals surface area contributed by atoms with Gasteiger partial charge in [-0.1, -0.05) is 0 Å². The molecule has 0 unspecified atom stereocenters. The topological polar surface area (TPSA) is 68.2 Å². The first-order valence-electron chi connectivity index (χ1n) is 6.63. The van der Waals surface area contributed by atoms with Crippen molar-refractivity contribution in [2.45, 2.75) is 45.4 Å². The number of nitrogens with one attached hydrogen (secondary N) is 2. The largest absolute Gasteiger partial charge is 0.445 e. The van der Waals surface area contributed by atoms with Crippen molar-refractivity contribution in [3.63, 3.8) is 0 Å². The molecule has 0 bridgehead atoms. The second-order valence-electron chi connectivity index (χ2n) is 5.93. The van der Waals surface area contributed by atoms with Gasteiger partial charge in [-0.2, -0.15) is 5.10 Å². The molecule has 1 fully saturated rings. The molecule has 0 saturated carbocycles. The second-order valence-corrected chi connectivity index (χ2v) is 5.93. The minimum absolute atomic E-state index is 0.252. The van der Waals surface area contributed by atoms with E-state index in [0.29, 0.717) is 6.04 Å². The smallest absolute Gasteiger partial charge is 0.407 e. The van der Waals surface area contributed by atoms with Crippen LogP contribution >= 0.6 is 0 Å². The highest BCUT2D eigenvalue weighted by Crippen LogP contribution is 2.14. The fraction of sp³-hybridized carbons (Fsp3) is 0.692. The molecule has 1 atom stereocenters. The van der Waals surface area contributed by atoms with Gasteiger partial charge < -0.3 is 15.4 Å². The number of rotatable bonds is 3. The van der Waals surface area contributed by atoms with Crippen LogP contribution in [-0.4, -0.2) is 34.5 Å². The van der Waals surface area contributed by atoms with Gasteiger partial charge in [-0.3, -0.25) is 4.68 Å². The van der Waals surface area contributed by atoms with Crippen LogP contribution in [0.4, 0.5) is 4.79 Å². The summed E-state index contributed by atoms with van der Waals surface area (Å²) < 4.78 is 7.11. The quantitative estimate of drug-likeness (QED) is 0.868. The highest BCUT2D eigenvalue weighted by atomic mass is 16.5. The molecule has 2 N–H and O–H groups in total. The van der Waals surface area contributed by atoms with Crippen LogP contribution in [0.15, 0.2) is 12.4 Å². The fourth-order valence-electron chi connectivity index (χ4n) is 2.01. The lowest BCUT2D eigenvalue weighted by Crippen LogP contribution is -2.40. The van der Waals surface area contributed by atoms with Gasteiger partial charge in [0.15, 0.2) is 0 Å². The SMILES string of the molecule is CC(C)(C)NC(=O)OCc1cnn([C@H]2CCNC2)c1. The summed E-state index contributed by atoms with van der Waals surface area (Å²) in [7, 11) is 0. The van der Waals surface area contributed by atoms with E-state index >= 15 is 0 Å². The predicted molar refractivity (Wildman–Crippen MR) is 71.8 cm³/mol. The maximum Gasteiger partial charge on any atom is 0.407 e. The molecule has 0 aromatic carbocycles. The Labute approximate surface area is 113 Å². The summed E-state index contributed by atoms with van der Waals surface area (Å²) in [5.41, 5.74) is 0.632. The van der Waals surface area contributed by atoms with Crippen LogP contribution in [0.1, 0.15) is 38.8 Å². The Bertz CT molecular complexity index is 430. The third kappa shape index (κ3) is 4.24. The van der Waals surface area contributed by atoms with Crippen molar-refractivity contribution < 1.29 is 9.53 Å². The molecule has 1 saturated heterocycles. The highest BCUT2D eigenvalue weighted by Gasteiger charge is 2.18. The molecule has 0 aliphatic carbocycles. The minimum atomic E-state index is -0.400. The summed E-state index contributed by atoms with van der Waals surface area (Å²) >= 11 is 0. The first-order valence-corrected chi connectivity index (χ1v) is 6.63. The lowest BCUT2D eigenvalue weighted by Gasteiger charge is -2.19. The van der Waals surface area contributed by atoms with E-state index in [1.165, 1.54) is 0 Å². The zero-order valence-electron chi connectivity index (χ0n) is 11.8. The van der Waals surface area contributed by atoms with Crippen LogP contribution in [-0.2, 0) is 11.3 Å². The zero-order chi connectivity index (χ0) is 13.9. The normalized spacial score (nSPS) is 19.4. The maximum absolute atomic E-state index is 11.5. The average molecular weight is 266 g/mol. The second kappa shape index (κ2) is 5.61. The van der Waals surface area contributed by atoms with E-state index in [1.54, 1.807) is 6.20 Å². The first-order chi connectivity index (χ1) is 8.94. The Hall–Kier alpha value is -1.56. The summed E-state index contributed by atoms with van der Waals surface area (Å²) in [6.07, 6.45) is 4.39. The van der Waals surface area contributed by atoms with E-state index in [0.717, 1.165) is 25.1 Å². The number of ether oxygens (including phenoxy) is 1. The number of nitrogens with zero attached hydrogens (tertiary/aromatic N) is 2. The van der Waals surface area contributed by atoms with Gasteiger partial charge in [0.05, 0.1) is 12.2 Å². The van der Waals surface area contributed by atoms with Gasteiger partial charge in [-0.15, -0.1) is 0 Å². The molecule has 6 nitrogen and oxygen atoms in total.